The van der Waals surface area contributed by atoms with Gasteiger partial charge < -0.3 is 14.3 Å². The van der Waals surface area contributed by atoms with Crippen molar-refractivity contribution in [1.29, 1.82) is 0 Å². The number of rotatable bonds is 8. The van der Waals surface area contributed by atoms with Crippen molar-refractivity contribution < 1.29 is 14.3 Å². The Hall–Kier alpha value is -2.85. The number of ether oxygens (including phenoxy) is 1. The zero-order valence-electron chi connectivity index (χ0n) is 19.8. The van der Waals surface area contributed by atoms with E-state index in [1.165, 1.54) is 17.8 Å². The molecular weight excluding hydrogens is 604 g/mol. The Labute approximate surface area is 246 Å². The van der Waals surface area contributed by atoms with E-state index >= 15 is 0 Å². The first kappa shape index (κ1) is 27.7. The van der Waals surface area contributed by atoms with E-state index in [1.54, 1.807) is 60.7 Å². The molecule has 0 aliphatic heterocycles. The molecule has 5 rings (SSSR count). The molecule has 0 aliphatic rings. The first-order chi connectivity index (χ1) is 18.8. The number of fused-ring (bicyclic) bond motifs is 1. The SMILES string of the molecule is O=c1ccc2ccc(OCC(O)CSc3nnc(-c4c(Cl)cccc4Cl)c(-c4c(Cl)cccc4Cl)n3)cc2o1. The molecule has 198 valence electrons. The monoisotopic (exact) mass is 619 g/mol. The van der Waals surface area contributed by atoms with Crippen molar-refractivity contribution in [3.63, 3.8) is 0 Å². The van der Waals surface area contributed by atoms with E-state index in [1.807, 2.05) is 0 Å². The highest BCUT2D eigenvalue weighted by Gasteiger charge is 2.22. The molecule has 0 saturated heterocycles. The quantitative estimate of drug-likeness (QED) is 0.141. The van der Waals surface area contributed by atoms with Gasteiger partial charge in [-0.2, -0.15) is 0 Å². The molecule has 0 radical (unpaired) electrons. The van der Waals surface area contributed by atoms with Gasteiger partial charge in [-0.3, -0.25) is 0 Å². The van der Waals surface area contributed by atoms with Crippen LogP contribution in [0.3, 0.4) is 0 Å². The normalized spacial score (nSPS) is 12.0. The van der Waals surface area contributed by atoms with Gasteiger partial charge in [0.1, 0.15) is 29.3 Å². The Kier molecular flexibility index (Phi) is 8.61. The van der Waals surface area contributed by atoms with Crippen LogP contribution in [-0.4, -0.2) is 38.8 Å². The minimum Gasteiger partial charge on any atom is -0.491 e. The van der Waals surface area contributed by atoms with Crippen LogP contribution < -0.4 is 10.4 Å². The summed E-state index contributed by atoms with van der Waals surface area (Å²) in [6.07, 6.45) is -0.873. The van der Waals surface area contributed by atoms with Crippen LogP contribution in [0.4, 0.5) is 0 Å². The molecule has 2 heterocycles. The summed E-state index contributed by atoms with van der Waals surface area (Å²) in [6.45, 7) is -0.0144. The standard InChI is InChI=1S/C27H17Cl4N3O4S/c28-17-3-1-4-18(29)23(17)25-26(24-19(30)5-2-6-20(24)31)33-34-27(32-25)39-13-15(35)12-37-16-9-7-14-8-10-22(36)38-21(14)11-16/h1-11,15,35H,12-13H2. The van der Waals surface area contributed by atoms with E-state index in [2.05, 4.69) is 15.2 Å². The Morgan fingerprint density at radius 2 is 1.46 bits per heavy atom. The molecule has 0 amide bonds. The lowest BCUT2D eigenvalue weighted by atomic mass is 10.0. The predicted molar refractivity (Wildman–Crippen MR) is 155 cm³/mol. The minimum absolute atomic E-state index is 0.0144. The van der Waals surface area contributed by atoms with Crippen molar-refractivity contribution in [2.75, 3.05) is 12.4 Å². The number of halogens is 4. The summed E-state index contributed by atoms with van der Waals surface area (Å²) in [4.78, 5) is 16.1. The first-order valence-corrected chi connectivity index (χ1v) is 13.9. The number of aliphatic hydroxyl groups is 1. The van der Waals surface area contributed by atoms with E-state index in [0.717, 1.165) is 5.39 Å². The summed E-state index contributed by atoms with van der Waals surface area (Å²) in [7, 11) is 0. The molecule has 0 bridgehead atoms. The summed E-state index contributed by atoms with van der Waals surface area (Å²) in [5, 5.41) is 21.6. The van der Waals surface area contributed by atoms with Crippen molar-refractivity contribution in [2.24, 2.45) is 0 Å². The molecular formula is C27H17Cl4N3O4S. The van der Waals surface area contributed by atoms with Gasteiger partial charge in [0.25, 0.3) is 0 Å². The highest BCUT2D eigenvalue weighted by Crippen LogP contribution is 2.42. The second-order valence-electron chi connectivity index (χ2n) is 8.21. The number of thioether (sulfide) groups is 1. The summed E-state index contributed by atoms with van der Waals surface area (Å²) in [5.41, 5.74) is 1.51. The van der Waals surface area contributed by atoms with Gasteiger partial charge in [0.2, 0.25) is 5.16 Å². The van der Waals surface area contributed by atoms with Gasteiger partial charge in [-0.25, -0.2) is 9.78 Å². The second kappa shape index (κ2) is 12.1. The molecule has 0 spiro atoms. The van der Waals surface area contributed by atoms with E-state index in [-0.39, 0.29) is 17.5 Å². The number of hydrogen-bond donors (Lipinski definition) is 1. The van der Waals surface area contributed by atoms with Crippen LogP contribution in [0.2, 0.25) is 20.1 Å². The average molecular weight is 621 g/mol. The van der Waals surface area contributed by atoms with Crippen LogP contribution in [0, 0.1) is 0 Å². The van der Waals surface area contributed by atoms with Crippen LogP contribution >= 0.6 is 58.2 Å². The maximum absolute atomic E-state index is 11.5. The summed E-state index contributed by atoms with van der Waals surface area (Å²) < 4.78 is 10.9. The van der Waals surface area contributed by atoms with Crippen molar-refractivity contribution in [3.8, 4) is 28.3 Å². The maximum Gasteiger partial charge on any atom is 0.336 e. The largest absolute Gasteiger partial charge is 0.491 e. The lowest BCUT2D eigenvalue weighted by molar-refractivity contribution is 0.126. The van der Waals surface area contributed by atoms with Gasteiger partial charge in [-0.15, -0.1) is 10.2 Å². The zero-order chi connectivity index (χ0) is 27.5. The molecule has 3 aromatic carbocycles. The van der Waals surface area contributed by atoms with Gasteiger partial charge in [-0.1, -0.05) is 70.3 Å². The fraction of sp³-hybridized carbons (Fsp3) is 0.111. The fourth-order valence-corrected chi connectivity index (χ4v) is 5.55. The molecule has 0 aliphatic carbocycles. The molecule has 0 saturated carbocycles. The third-order valence-electron chi connectivity index (χ3n) is 5.51. The van der Waals surface area contributed by atoms with Gasteiger partial charge in [0.15, 0.2) is 0 Å². The molecule has 0 fully saturated rings. The van der Waals surface area contributed by atoms with Gasteiger partial charge in [0, 0.05) is 34.4 Å². The van der Waals surface area contributed by atoms with Crippen molar-refractivity contribution >= 4 is 69.1 Å². The van der Waals surface area contributed by atoms with E-state index in [4.69, 9.17) is 55.6 Å². The summed E-state index contributed by atoms with van der Waals surface area (Å²) >= 11 is 27.1. The van der Waals surface area contributed by atoms with Crippen molar-refractivity contribution in [1.82, 2.24) is 15.2 Å². The first-order valence-electron chi connectivity index (χ1n) is 11.4. The van der Waals surface area contributed by atoms with Crippen molar-refractivity contribution in [3.05, 3.63) is 97.2 Å². The van der Waals surface area contributed by atoms with Crippen LogP contribution in [0.15, 0.2) is 81.1 Å². The number of nitrogens with zero attached hydrogens (tertiary/aromatic N) is 3. The van der Waals surface area contributed by atoms with Crippen LogP contribution in [-0.2, 0) is 0 Å². The number of benzene rings is 3. The summed E-state index contributed by atoms with van der Waals surface area (Å²) in [5.74, 6) is 0.655. The number of aliphatic hydroxyl groups excluding tert-OH is 1. The van der Waals surface area contributed by atoms with E-state index < -0.39 is 11.7 Å². The van der Waals surface area contributed by atoms with Crippen LogP contribution in [0.5, 0.6) is 5.75 Å². The predicted octanol–water partition coefficient (Wildman–Crippen LogP) is 7.46. The molecule has 12 heteroatoms. The Morgan fingerprint density at radius 1 is 0.846 bits per heavy atom. The lowest BCUT2D eigenvalue weighted by Gasteiger charge is -2.15. The molecule has 2 aromatic heterocycles. The molecule has 1 N–H and O–H groups in total. The van der Waals surface area contributed by atoms with E-state index in [0.29, 0.717) is 53.9 Å². The van der Waals surface area contributed by atoms with Crippen LogP contribution in [0.1, 0.15) is 0 Å². The second-order valence-corrected chi connectivity index (χ2v) is 10.8. The molecule has 7 nitrogen and oxygen atoms in total. The van der Waals surface area contributed by atoms with Gasteiger partial charge >= 0.3 is 5.63 Å². The third kappa shape index (κ3) is 6.32. The summed E-state index contributed by atoms with van der Waals surface area (Å²) in [6, 6.07) is 18.3. The maximum atomic E-state index is 11.5. The van der Waals surface area contributed by atoms with Crippen molar-refractivity contribution in [2.45, 2.75) is 11.3 Å². The molecule has 1 unspecified atom stereocenters. The molecule has 1 atom stereocenters. The van der Waals surface area contributed by atoms with Gasteiger partial charge in [0.05, 0.1) is 26.2 Å². The lowest BCUT2D eigenvalue weighted by Crippen LogP contribution is -2.20. The fourth-order valence-electron chi connectivity index (χ4n) is 3.71. The highest BCUT2D eigenvalue weighted by molar-refractivity contribution is 7.99. The molecule has 39 heavy (non-hydrogen) atoms. The smallest absolute Gasteiger partial charge is 0.336 e. The number of aromatic nitrogens is 3. The topological polar surface area (TPSA) is 98.3 Å². The number of hydrogen-bond acceptors (Lipinski definition) is 8. The van der Waals surface area contributed by atoms with Crippen LogP contribution in [0.25, 0.3) is 33.5 Å². The average Bonchev–Trinajstić information content (AvgIpc) is 2.91. The highest BCUT2D eigenvalue weighted by atomic mass is 35.5. The Morgan fingerprint density at radius 3 is 2.13 bits per heavy atom. The molecule has 5 aromatic rings. The van der Waals surface area contributed by atoms with E-state index in [9.17, 15) is 9.90 Å². The van der Waals surface area contributed by atoms with Gasteiger partial charge in [-0.05, 0) is 42.5 Å². The Bertz CT molecular complexity index is 1690. The Balaban J connectivity index is 1.36. The zero-order valence-corrected chi connectivity index (χ0v) is 23.6. The minimum atomic E-state index is -0.873. The third-order valence-corrected chi connectivity index (χ3v) is 7.75.